The van der Waals surface area contributed by atoms with Crippen molar-refractivity contribution in [3.63, 3.8) is 0 Å². The molecule has 5 heteroatoms. The SMILES string of the molecule is CCOC(C1CCCCC1)C(N)c1c(OC)cnn1C. The molecule has 114 valence electrons. The average molecular weight is 281 g/mol. The lowest BCUT2D eigenvalue weighted by Crippen LogP contribution is -2.38. The van der Waals surface area contributed by atoms with Gasteiger partial charge in [0.2, 0.25) is 0 Å². The summed E-state index contributed by atoms with van der Waals surface area (Å²) in [6, 6.07) is -0.194. The van der Waals surface area contributed by atoms with E-state index in [1.807, 2.05) is 14.0 Å². The van der Waals surface area contributed by atoms with E-state index in [2.05, 4.69) is 5.10 Å². The molecule has 1 saturated carbocycles. The monoisotopic (exact) mass is 281 g/mol. The van der Waals surface area contributed by atoms with E-state index in [9.17, 15) is 0 Å². The van der Waals surface area contributed by atoms with Gasteiger partial charge in [0, 0.05) is 13.7 Å². The third-order valence-corrected chi connectivity index (χ3v) is 4.31. The first kappa shape index (κ1) is 15.3. The maximum atomic E-state index is 6.51. The number of rotatable bonds is 6. The van der Waals surface area contributed by atoms with Gasteiger partial charge in [-0.25, -0.2) is 0 Å². The Morgan fingerprint density at radius 1 is 1.40 bits per heavy atom. The first-order valence-electron chi connectivity index (χ1n) is 7.62. The van der Waals surface area contributed by atoms with Gasteiger partial charge in [0.05, 0.1) is 31.1 Å². The quantitative estimate of drug-likeness (QED) is 0.870. The summed E-state index contributed by atoms with van der Waals surface area (Å²) < 4.78 is 13.2. The first-order chi connectivity index (χ1) is 9.69. The van der Waals surface area contributed by atoms with Crippen LogP contribution in [0.5, 0.6) is 5.75 Å². The molecule has 1 heterocycles. The minimum Gasteiger partial charge on any atom is -0.493 e. The second-order valence-electron chi connectivity index (χ2n) is 5.57. The number of aromatic nitrogens is 2. The van der Waals surface area contributed by atoms with Crippen LogP contribution in [-0.4, -0.2) is 29.6 Å². The standard InChI is InChI=1S/C15H27N3O2/c1-4-20-15(11-8-6-5-7-9-11)13(16)14-12(19-3)10-17-18(14)2/h10-11,13,15H,4-9,16H2,1-3H3. The van der Waals surface area contributed by atoms with E-state index in [1.165, 1.54) is 32.1 Å². The van der Waals surface area contributed by atoms with Crippen LogP contribution in [0.3, 0.4) is 0 Å². The molecule has 0 saturated heterocycles. The average Bonchev–Trinajstić information content (AvgIpc) is 2.86. The summed E-state index contributed by atoms with van der Waals surface area (Å²) in [4.78, 5) is 0. The molecule has 0 aromatic carbocycles. The van der Waals surface area contributed by atoms with Crippen molar-refractivity contribution < 1.29 is 9.47 Å². The summed E-state index contributed by atoms with van der Waals surface area (Å²) in [5.41, 5.74) is 7.44. The molecule has 1 aromatic heterocycles. The zero-order valence-corrected chi connectivity index (χ0v) is 12.8. The molecule has 0 spiro atoms. The molecule has 1 aliphatic rings. The van der Waals surface area contributed by atoms with Gasteiger partial charge in [0.1, 0.15) is 0 Å². The van der Waals surface area contributed by atoms with Crippen molar-refractivity contribution in [3.8, 4) is 5.75 Å². The highest BCUT2D eigenvalue weighted by molar-refractivity contribution is 5.29. The highest BCUT2D eigenvalue weighted by Gasteiger charge is 2.33. The molecule has 1 fully saturated rings. The van der Waals surface area contributed by atoms with Crippen LogP contribution in [0.15, 0.2) is 6.20 Å². The molecular weight excluding hydrogens is 254 g/mol. The lowest BCUT2D eigenvalue weighted by atomic mass is 9.82. The molecule has 2 atom stereocenters. The summed E-state index contributed by atoms with van der Waals surface area (Å²) in [6.45, 7) is 2.72. The van der Waals surface area contributed by atoms with Gasteiger partial charge in [-0.05, 0) is 25.7 Å². The van der Waals surface area contributed by atoms with Gasteiger partial charge in [0.25, 0.3) is 0 Å². The fourth-order valence-electron chi connectivity index (χ4n) is 3.31. The molecule has 1 aromatic rings. The Labute approximate surface area is 121 Å². The van der Waals surface area contributed by atoms with Crippen LogP contribution in [0.25, 0.3) is 0 Å². The molecule has 1 aliphatic carbocycles. The molecule has 0 radical (unpaired) electrons. The summed E-state index contributed by atoms with van der Waals surface area (Å²) in [5.74, 6) is 1.29. The molecule has 5 nitrogen and oxygen atoms in total. The van der Waals surface area contributed by atoms with E-state index in [0.29, 0.717) is 12.5 Å². The molecular formula is C15H27N3O2. The second kappa shape index (κ2) is 7.09. The van der Waals surface area contributed by atoms with Crippen molar-refractivity contribution >= 4 is 0 Å². The van der Waals surface area contributed by atoms with Gasteiger partial charge in [-0.1, -0.05) is 19.3 Å². The number of nitrogens with two attached hydrogens (primary N) is 1. The molecule has 2 rings (SSSR count). The highest BCUT2D eigenvalue weighted by Crippen LogP contribution is 2.35. The molecule has 2 unspecified atom stereocenters. The highest BCUT2D eigenvalue weighted by atomic mass is 16.5. The number of aryl methyl sites for hydroxylation is 1. The number of methoxy groups -OCH3 is 1. The Morgan fingerprint density at radius 2 is 2.10 bits per heavy atom. The minimum atomic E-state index is -0.194. The van der Waals surface area contributed by atoms with E-state index in [0.717, 1.165) is 11.4 Å². The fourth-order valence-corrected chi connectivity index (χ4v) is 3.31. The van der Waals surface area contributed by atoms with Crippen LogP contribution in [0.4, 0.5) is 0 Å². The Bertz CT molecular complexity index is 413. The fraction of sp³-hybridized carbons (Fsp3) is 0.800. The third kappa shape index (κ3) is 3.15. The molecule has 20 heavy (non-hydrogen) atoms. The molecule has 0 aliphatic heterocycles. The number of hydrogen-bond acceptors (Lipinski definition) is 4. The van der Waals surface area contributed by atoms with Crippen LogP contribution in [0.1, 0.15) is 50.8 Å². The Hall–Kier alpha value is -1.07. The smallest absolute Gasteiger partial charge is 0.161 e. The summed E-state index contributed by atoms with van der Waals surface area (Å²) >= 11 is 0. The Morgan fingerprint density at radius 3 is 2.70 bits per heavy atom. The largest absolute Gasteiger partial charge is 0.493 e. The maximum Gasteiger partial charge on any atom is 0.161 e. The van der Waals surface area contributed by atoms with E-state index >= 15 is 0 Å². The number of ether oxygens (including phenoxy) is 2. The summed E-state index contributed by atoms with van der Waals surface area (Å²) in [7, 11) is 3.56. The predicted octanol–water partition coefficient (Wildman–Crippen LogP) is 2.41. The summed E-state index contributed by atoms with van der Waals surface area (Å²) in [5, 5.41) is 4.25. The van der Waals surface area contributed by atoms with Crippen LogP contribution >= 0.6 is 0 Å². The van der Waals surface area contributed by atoms with E-state index in [-0.39, 0.29) is 12.1 Å². The molecule has 2 N–H and O–H groups in total. The van der Waals surface area contributed by atoms with Crippen molar-refractivity contribution in [1.82, 2.24) is 9.78 Å². The second-order valence-corrected chi connectivity index (χ2v) is 5.57. The van der Waals surface area contributed by atoms with E-state index in [1.54, 1.807) is 18.0 Å². The zero-order chi connectivity index (χ0) is 14.5. The van der Waals surface area contributed by atoms with Gasteiger partial charge in [-0.2, -0.15) is 5.10 Å². The molecule has 0 bridgehead atoms. The number of nitrogens with zero attached hydrogens (tertiary/aromatic N) is 2. The third-order valence-electron chi connectivity index (χ3n) is 4.31. The predicted molar refractivity (Wildman–Crippen MR) is 78.7 cm³/mol. The lowest BCUT2D eigenvalue weighted by molar-refractivity contribution is -0.0118. The Balaban J connectivity index is 2.20. The maximum absolute atomic E-state index is 6.51. The van der Waals surface area contributed by atoms with Crippen LogP contribution in [0, 0.1) is 5.92 Å². The van der Waals surface area contributed by atoms with Crippen molar-refractivity contribution in [2.24, 2.45) is 18.7 Å². The van der Waals surface area contributed by atoms with E-state index in [4.69, 9.17) is 15.2 Å². The van der Waals surface area contributed by atoms with Gasteiger partial charge < -0.3 is 15.2 Å². The van der Waals surface area contributed by atoms with Crippen molar-refractivity contribution in [2.45, 2.75) is 51.2 Å². The van der Waals surface area contributed by atoms with Gasteiger partial charge in [-0.15, -0.1) is 0 Å². The van der Waals surface area contributed by atoms with Crippen molar-refractivity contribution in [1.29, 1.82) is 0 Å². The minimum absolute atomic E-state index is 0.0459. The van der Waals surface area contributed by atoms with Crippen LogP contribution < -0.4 is 10.5 Å². The first-order valence-corrected chi connectivity index (χ1v) is 7.62. The number of hydrogen-bond donors (Lipinski definition) is 1. The van der Waals surface area contributed by atoms with Gasteiger partial charge in [0.15, 0.2) is 5.75 Å². The van der Waals surface area contributed by atoms with Crippen LogP contribution in [0.2, 0.25) is 0 Å². The summed E-state index contributed by atoms with van der Waals surface area (Å²) in [6.07, 6.45) is 8.08. The zero-order valence-electron chi connectivity index (χ0n) is 12.8. The van der Waals surface area contributed by atoms with Crippen LogP contribution in [-0.2, 0) is 11.8 Å². The van der Waals surface area contributed by atoms with Crippen molar-refractivity contribution in [2.75, 3.05) is 13.7 Å². The van der Waals surface area contributed by atoms with Gasteiger partial charge >= 0.3 is 0 Å². The Kier molecular flexibility index (Phi) is 5.43. The normalized spacial score (nSPS) is 19.8. The van der Waals surface area contributed by atoms with Gasteiger partial charge in [-0.3, -0.25) is 4.68 Å². The lowest BCUT2D eigenvalue weighted by Gasteiger charge is -2.34. The molecule has 0 amide bonds. The topological polar surface area (TPSA) is 62.3 Å². The van der Waals surface area contributed by atoms with Crippen molar-refractivity contribution in [3.05, 3.63) is 11.9 Å². The van der Waals surface area contributed by atoms with E-state index < -0.39 is 0 Å².